The topological polar surface area (TPSA) is 126 Å². The summed E-state index contributed by atoms with van der Waals surface area (Å²) in [5, 5.41) is 0. The lowest BCUT2D eigenvalue weighted by molar-refractivity contribution is 0.341. The van der Waals surface area contributed by atoms with Crippen LogP contribution in [0.4, 0.5) is 0 Å². The molecule has 0 heterocycles. The third kappa shape index (κ3) is 10.2. The van der Waals surface area contributed by atoms with Gasteiger partial charge in [0.25, 0.3) is 10.1 Å². The maximum absolute atomic E-state index is 11.8. The summed E-state index contributed by atoms with van der Waals surface area (Å²) in [7, 11) is -12.0. The molecule has 0 aliphatic carbocycles. The van der Waals surface area contributed by atoms with Crippen LogP contribution in [0, 0.1) is 0 Å². The van der Waals surface area contributed by atoms with Crippen LogP contribution in [0.15, 0.2) is 0 Å². The number of halogens is 2. The fourth-order valence-corrected chi connectivity index (χ4v) is 6.46. The summed E-state index contributed by atoms with van der Waals surface area (Å²) in [4.78, 5) is 0. The first-order valence-electron chi connectivity index (χ1n) is 6.04. The van der Waals surface area contributed by atoms with Gasteiger partial charge in [-0.15, -0.1) is 3.94 Å². The monoisotopic (exact) mass is 419 g/mol. The molecular formula is C9H19Cl2NO7S3. The van der Waals surface area contributed by atoms with Crippen molar-refractivity contribution in [1.29, 1.82) is 0 Å². The molecule has 134 valence electrons. The van der Waals surface area contributed by atoms with Gasteiger partial charge in [-0.3, -0.25) is 4.55 Å². The van der Waals surface area contributed by atoms with Crippen LogP contribution in [0.3, 0.4) is 0 Å². The lowest BCUT2D eigenvalue weighted by Gasteiger charge is -2.27. The Morgan fingerprint density at radius 3 is 1.55 bits per heavy atom. The molecule has 13 heteroatoms. The summed E-state index contributed by atoms with van der Waals surface area (Å²) < 4.78 is 77.0. The summed E-state index contributed by atoms with van der Waals surface area (Å²) >= 11 is 11.1. The standard InChI is InChI=1S/C9H19Cl2NO7S3/c1-9(2,12(10)11)3-4-20(13,14)5-6-21(15,16)7-8-22(17,18)19/h3-8H2,1-2H3,(H,17,18,19). The van der Waals surface area contributed by atoms with Gasteiger partial charge >= 0.3 is 0 Å². The van der Waals surface area contributed by atoms with Gasteiger partial charge in [0.1, 0.15) is 0 Å². The molecule has 22 heavy (non-hydrogen) atoms. The van der Waals surface area contributed by atoms with Crippen LogP contribution in [0.25, 0.3) is 0 Å². The van der Waals surface area contributed by atoms with Crippen LogP contribution in [0.1, 0.15) is 20.3 Å². The minimum atomic E-state index is -4.41. The van der Waals surface area contributed by atoms with Crippen molar-refractivity contribution in [2.24, 2.45) is 0 Å². The first-order valence-corrected chi connectivity index (χ1v) is 12.0. The Hall–Kier alpha value is 0.350. The zero-order valence-corrected chi connectivity index (χ0v) is 16.0. The molecule has 0 aliphatic heterocycles. The quantitative estimate of drug-likeness (QED) is 0.400. The molecule has 0 atom stereocenters. The molecule has 0 aromatic rings. The summed E-state index contributed by atoms with van der Waals surface area (Å²) in [6.07, 6.45) is 0.0907. The van der Waals surface area contributed by atoms with Crippen molar-refractivity contribution in [3.8, 4) is 0 Å². The average Bonchev–Trinajstić information content (AvgIpc) is 2.32. The second-order valence-electron chi connectivity index (χ2n) is 5.39. The molecule has 0 unspecified atom stereocenters. The Morgan fingerprint density at radius 1 is 0.818 bits per heavy atom. The van der Waals surface area contributed by atoms with Gasteiger partial charge in [0, 0.05) is 5.54 Å². The predicted octanol–water partition coefficient (Wildman–Crippen LogP) is 0.482. The summed E-state index contributed by atoms with van der Waals surface area (Å²) in [6.45, 7) is 3.23. The van der Waals surface area contributed by atoms with Gasteiger partial charge in [0.2, 0.25) is 0 Å². The molecule has 1 N–H and O–H groups in total. The Bertz CT molecular complexity index is 668. The van der Waals surface area contributed by atoms with Crippen molar-refractivity contribution >= 4 is 53.3 Å². The largest absolute Gasteiger partial charge is 0.286 e. The van der Waals surface area contributed by atoms with E-state index < -0.39 is 58.3 Å². The van der Waals surface area contributed by atoms with E-state index in [9.17, 15) is 25.3 Å². The number of sulfone groups is 2. The van der Waals surface area contributed by atoms with E-state index in [2.05, 4.69) is 0 Å². The van der Waals surface area contributed by atoms with Crippen molar-refractivity contribution in [2.45, 2.75) is 25.8 Å². The molecular weight excluding hydrogens is 401 g/mol. The van der Waals surface area contributed by atoms with Gasteiger partial charge < -0.3 is 0 Å². The maximum Gasteiger partial charge on any atom is 0.265 e. The van der Waals surface area contributed by atoms with Gasteiger partial charge in [0.15, 0.2) is 19.7 Å². The van der Waals surface area contributed by atoms with Crippen molar-refractivity contribution in [2.75, 3.05) is 28.8 Å². The Kier molecular flexibility index (Phi) is 8.08. The zero-order valence-electron chi connectivity index (χ0n) is 12.1. The Morgan fingerprint density at radius 2 is 1.18 bits per heavy atom. The van der Waals surface area contributed by atoms with Crippen molar-refractivity contribution in [3.05, 3.63) is 0 Å². The normalized spacial score (nSPS) is 14.5. The number of rotatable bonds is 10. The number of hydrogen-bond donors (Lipinski definition) is 1. The first kappa shape index (κ1) is 22.4. The molecule has 0 aliphatic rings. The van der Waals surface area contributed by atoms with Crippen LogP contribution in [-0.4, -0.2) is 68.0 Å². The van der Waals surface area contributed by atoms with Gasteiger partial charge in [-0.25, -0.2) is 16.8 Å². The molecule has 0 bridgehead atoms. The summed E-state index contributed by atoms with van der Waals surface area (Å²) in [5.41, 5.74) is -0.806. The van der Waals surface area contributed by atoms with E-state index in [1.54, 1.807) is 13.8 Å². The van der Waals surface area contributed by atoms with Crippen LogP contribution in [0.2, 0.25) is 0 Å². The van der Waals surface area contributed by atoms with Crippen LogP contribution in [-0.2, 0) is 29.8 Å². The molecule has 0 radical (unpaired) electrons. The van der Waals surface area contributed by atoms with Crippen LogP contribution < -0.4 is 0 Å². The van der Waals surface area contributed by atoms with Gasteiger partial charge in [-0.2, -0.15) is 8.42 Å². The first-order chi connectivity index (χ1) is 9.56. The van der Waals surface area contributed by atoms with Gasteiger partial charge in [-0.1, -0.05) is 0 Å². The molecule has 0 spiro atoms. The molecule has 0 aromatic heterocycles. The lowest BCUT2D eigenvalue weighted by Crippen LogP contribution is -2.34. The van der Waals surface area contributed by atoms with Crippen LogP contribution >= 0.6 is 23.6 Å². The fourth-order valence-electron chi connectivity index (χ4n) is 1.18. The van der Waals surface area contributed by atoms with Crippen molar-refractivity contribution < 1.29 is 29.8 Å². The fraction of sp³-hybridized carbons (Fsp3) is 1.00. The van der Waals surface area contributed by atoms with E-state index in [4.69, 9.17) is 28.1 Å². The smallest absolute Gasteiger partial charge is 0.265 e. The number of hydrogen-bond acceptors (Lipinski definition) is 7. The minimum absolute atomic E-state index is 0.0907. The molecule has 0 aromatic carbocycles. The SMILES string of the molecule is CC(C)(CCS(=O)(=O)CCS(=O)(=O)CCS(=O)(=O)O)N(Cl)Cl. The van der Waals surface area contributed by atoms with Crippen molar-refractivity contribution in [1.82, 2.24) is 3.94 Å². The molecule has 8 nitrogen and oxygen atoms in total. The third-order valence-corrected chi connectivity index (χ3v) is 8.30. The zero-order chi connectivity index (χ0) is 17.8. The highest BCUT2D eigenvalue weighted by Gasteiger charge is 2.28. The highest BCUT2D eigenvalue weighted by Crippen LogP contribution is 2.24. The lowest BCUT2D eigenvalue weighted by atomic mass is 10.0. The highest BCUT2D eigenvalue weighted by atomic mass is 35.5. The second-order valence-corrected chi connectivity index (χ2v) is 12.4. The van der Waals surface area contributed by atoms with E-state index in [0.29, 0.717) is 0 Å². The highest BCUT2D eigenvalue weighted by molar-refractivity contribution is 7.95. The molecule has 0 saturated carbocycles. The van der Waals surface area contributed by atoms with Gasteiger partial charge in [0.05, 0.1) is 28.8 Å². The summed E-state index contributed by atoms with van der Waals surface area (Å²) in [5.74, 6) is -3.46. The third-order valence-electron chi connectivity index (χ3n) is 2.84. The molecule has 0 fully saturated rings. The van der Waals surface area contributed by atoms with E-state index >= 15 is 0 Å². The molecule has 0 rings (SSSR count). The average molecular weight is 420 g/mol. The van der Waals surface area contributed by atoms with E-state index in [0.717, 1.165) is 3.94 Å². The van der Waals surface area contributed by atoms with E-state index in [1.165, 1.54) is 0 Å². The minimum Gasteiger partial charge on any atom is -0.286 e. The Balaban J connectivity index is 4.56. The molecule has 0 amide bonds. The molecule has 0 saturated heterocycles. The second kappa shape index (κ2) is 7.95. The van der Waals surface area contributed by atoms with E-state index in [1.807, 2.05) is 0 Å². The number of nitrogens with zero attached hydrogens (tertiary/aromatic N) is 1. The van der Waals surface area contributed by atoms with Crippen LogP contribution in [0.5, 0.6) is 0 Å². The summed E-state index contributed by atoms with van der Waals surface area (Å²) in [6, 6.07) is 0. The van der Waals surface area contributed by atoms with Gasteiger partial charge in [-0.05, 0) is 43.8 Å². The van der Waals surface area contributed by atoms with E-state index in [-0.39, 0.29) is 12.2 Å². The predicted molar refractivity (Wildman–Crippen MR) is 86.0 cm³/mol. The Labute approximate surface area is 141 Å². The van der Waals surface area contributed by atoms with Crippen molar-refractivity contribution in [3.63, 3.8) is 0 Å². The maximum atomic E-state index is 11.8.